The fourth-order valence-corrected chi connectivity index (χ4v) is 4.25. The van der Waals surface area contributed by atoms with Crippen molar-refractivity contribution in [1.82, 2.24) is 0 Å². The highest BCUT2D eigenvalue weighted by Crippen LogP contribution is 2.52. The molecule has 0 fully saturated rings. The summed E-state index contributed by atoms with van der Waals surface area (Å²) in [6, 6.07) is 21.7. The van der Waals surface area contributed by atoms with Crippen LogP contribution < -0.4 is 5.30 Å². The third-order valence-corrected chi connectivity index (χ3v) is 5.73. The Morgan fingerprint density at radius 3 is 1.81 bits per heavy atom. The van der Waals surface area contributed by atoms with E-state index < -0.39 is 7.26 Å². The Labute approximate surface area is 98.7 Å². The first kappa shape index (κ1) is 11.4. The van der Waals surface area contributed by atoms with Gasteiger partial charge in [-0.25, -0.2) is 0 Å². The summed E-state index contributed by atoms with van der Waals surface area (Å²) in [6.45, 7) is 4.82. The smallest absolute Gasteiger partial charge is 0.0622 e. The van der Waals surface area contributed by atoms with E-state index in [1.807, 2.05) is 0 Å². The van der Waals surface area contributed by atoms with Crippen molar-refractivity contribution in [1.29, 1.82) is 0 Å². The van der Waals surface area contributed by atoms with E-state index in [4.69, 9.17) is 0 Å². The minimum Gasteiger partial charge on any atom is -0.0622 e. The molecular weight excluding hydrogens is 211 g/mol. The maximum Gasteiger partial charge on any atom is 0.0937 e. The molecule has 0 aliphatic heterocycles. The second-order valence-corrected chi connectivity index (χ2v) is 8.87. The van der Waals surface area contributed by atoms with Crippen molar-refractivity contribution in [3.63, 3.8) is 0 Å². The molecule has 0 aromatic heterocycles. The van der Waals surface area contributed by atoms with E-state index in [1.165, 1.54) is 17.0 Å². The monoisotopic (exact) mass is 229 g/mol. The molecule has 0 saturated carbocycles. The Morgan fingerprint density at radius 1 is 0.750 bits per heavy atom. The van der Waals surface area contributed by atoms with Crippen LogP contribution in [0.4, 0.5) is 0 Å². The lowest BCUT2D eigenvalue weighted by Crippen LogP contribution is -2.10. The zero-order chi connectivity index (χ0) is 11.4. The molecule has 0 unspecified atom stereocenters. The molecule has 0 amide bonds. The second-order valence-electron chi connectivity index (χ2n) is 4.66. The molecule has 0 saturated heterocycles. The molecule has 2 aromatic carbocycles. The maximum atomic E-state index is 2.41. The molecule has 0 radical (unpaired) electrons. The van der Waals surface area contributed by atoms with Crippen LogP contribution in [0.5, 0.6) is 0 Å². The average molecular weight is 229 g/mol. The Bertz CT molecular complexity index is 432. The Balaban J connectivity index is 2.21. The standard InChI is InChI=1S/C15H18P/c1-16(2,15-11-7-4-8-12-15)13-14-9-5-3-6-10-14/h3-12H,13H2,1-2H3/q+1. The van der Waals surface area contributed by atoms with Gasteiger partial charge in [-0.2, -0.15) is 0 Å². The topological polar surface area (TPSA) is 0 Å². The molecule has 0 bridgehead atoms. The maximum absolute atomic E-state index is 2.41. The fourth-order valence-electron chi connectivity index (χ4n) is 1.96. The fraction of sp³-hybridized carbons (Fsp3) is 0.200. The molecule has 0 nitrogen and oxygen atoms in total. The molecule has 0 aliphatic carbocycles. The van der Waals surface area contributed by atoms with Crippen molar-refractivity contribution in [2.75, 3.05) is 13.3 Å². The number of hydrogen-bond acceptors (Lipinski definition) is 0. The zero-order valence-electron chi connectivity index (χ0n) is 9.93. The quantitative estimate of drug-likeness (QED) is 0.702. The van der Waals surface area contributed by atoms with E-state index in [0.717, 1.165) is 0 Å². The summed E-state index contributed by atoms with van der Waals surface area (Å²) < 4.78 is 0. The van der Waals surface area contributed by atoms with Crippen LogP contribution in [0, 0.1) is 0 Å². The summed E-state index contributed by atoms with van der Waals surface area (Å²) in [5, 5.41) is 1.51. The Kier molecular flexibility index (Phi) is 3.41. The van der Waals surface area contributed by atoms with Crippen LogP contribution in [-0.4, -0.2) is 13.3 Å². The van der Waals surface area contributed by atoms with Gasteiger partial charge in [0.15, 0.2) is 0 Å². The first-order chi connectivity index (χ1) is 7.68. The van der Waals surface area contributed by atoms with Gasteiger partial charge in [0, 0.05) is 7.26 Å². The van der Waals surface area contributed by atoms with Gasteiger partial charge in [-0.3, -0.25) is 0 Å². The normalized spacial score (nSPS) is 11.4. The van der Waals surface area contributed by atoms with Crippen LogP contribution in [0.15, 0.2) is 60.7 Å². The number of benzene rings is 2. The minimum atomic E-state index is -1.02. The van der Waals surface area contributed by atoms with Gasteiger partial charge in [-0.05, 0) is 17.7 Å². The van der Waals surface area contributed by atoms with E-state index in [1.54, 1.807) is 0 Å². The molecule has 0 aliphatic rings. The lowest BCUT2D eigenvalue weighted by atomic mass is 10.2. The lowest BCUT2D eigenvalue weighted by molar-refractivity contribution is 1.38. The van der Waals surface area contributed by atoms with E-state index in [-0.39, 0.29) is 0 Å². The van der Waals surface area contributed by atoms with Crippen molar-refractivity contribution >= 4 is 12.6 Å². The zero-order valence-corrected chi connectivity index (χ0v) is 10.8. The van der Waals surface area contributed by atoms with Crippen LogP contribution in [0.3, 0.4) is 0 Å². The molecule has 0 atom stereocenters. The first-order valence-corrected chi connectivity index (χ1v) is 8.48. The molecule has 82 valence electrons. The summed E-state index contributed by atoms with van der Waals surface area (Å²) in [5.74, 6) is 0. The molecule has 0 spiro atoms. The van der Waals surface area contributed by atoms with Crippen LogP contribution >= 0.6 is 7.26 Å². The summed E-state index contributed by atoms with van der Waals surface area (Å²) in [4.78, 5) is 0. The minimum absolute atomic E-state index is 1.02. The first-order valence-electron chi connectivity index (χ1n) is 5.61. The summed E-state index contributed by atoms with van der Waals surface area (Å²) in [6.07, 6.45) is 1.19. The predicted octanol–water partition coefficient (Wildman–Crippen LogP) is 3.79. The van der Waals surface area contributed by atoms with Crippen molar-refractivity contribution in [3.05, 3.63) is 66.2 Å². The molecule has 2 aromatic rings. The van der Waals surface area contributed by atoms with Crippen LogP contribution in [0.25, 0.3) is 0 Å². The van der Waals surface area contributed by atoms with Gasteiger partial charge in [0.05, 0.1) is 24.8 Å². The van der Waals surface area contributed by atoms with E-state index in [2.05, 4.69) is 74.0 Å². The van der Waals surface area contributed by atoms with Gasteiger partial charge in [-0.1, -0.05) is 48.5 Å². The summed E-state index contributed by atoms with van der Waals surface area (Å²) in [5.41, 5.74) is 1.45. The van der Waals surface area contributed by atoms with Gasteiger partial charge in [0.25, 0.3) is 0 Å². The largest absolute Gasteiger partial charge is 0.0937 e. The molecule has 0 heterocycles. The third kappa shape index (κ3) is 2.71. The van der Waals surface area contributed by atoms with Gasteiger partial charge >= 0.3 is 0 Å². The molecule has 1 heteroatoms. The van der Waals surface area contributed by atoms with Crippen molar-refractivity contribution in [2.45, 2.75) is 6.16 Å². The highest BCUT2D eigenvalue weighted by atomic mass is 31.2. The molecule has 16 heavy (non-hydrogen) atoms. The SMILES string of the molecule is C[P+](C)(Cc1ccccc1)c1ccccc1. The van der Waals surface area contributed by atoms with Crippen LogP contribution in [0.1, 0.15) is 5.56 Å². The van der Waals surface area contributed by atoms with Gasteiger partial charge in [-0.15, -0.1) is 0 Å². The highest BCUT2D eigenvalue weighted by molar-refractivity contribution is 7.80. The van der Waals surface area contributed by atoms with Crippen molar-refractivity contribution in [2.24, 2.45) is 0 Å². The van der Waals surface area contributed by atoms with E-state index in [9.17, 15) is 0 Å². The van der Waals surface area contributed by atoms with Gasteiger partial charge in [0.1, 0.15) is 0 Å². The Hall–Kier alpha value is -1.13. The number of rotatable bonds is 3. The van der Waals surface area contributed by atoms with Gasteiger partial charge < -0.3 is 0 Å². The molecule has 0 N–H and O–H groups in total. The Morgan fingerprint density at radius 2 is 1.25 bits per heavy atom. The lowest BCUT2D eigenvalue weighted by Gasteiger charge is -2.17. The van der Waals surface area contributed by atoms with Crippen molar-refractivity contribution in [3.8, 4) is 0 Å². The third-order valence-electron chi connectivity index (χ3n) is 2.88. The average Bonchev–Trinajstić information content (AvgIpc) is 2.31. The number of hydrogen-bond donors (Lipinski definition) is 0. The summed E-state index contributed by atoms with van der Waals surface area (Å²) in [7, 11) is -1.02. The summed E-state index contributed by atoms with van der Waals surface area (Å²) >= 11 is 0. The second kappa shape index (κ2) is 4.80. The highest BCUT2D eigenvalue weighted by Gasteiger charge is 2.28. The van der Waals surface area contributed by atoms with Gasteiger partial charge in [0.2, 0.25) is 0 Å². The van der Waals surface area contributed by atoms with Crippen LogP contribution in [0.2, 0.25) is 0 Å². The van der Waals surface area contributed by atoms with Crippen molar-refractivity contribution < 1.29 is 0 Å². The van der Waals surface area contributed by atoms with E-state index >= 15 is 0 Å². The predicted molar refractivity (Wildman–Crippen MR) is 75.0 cm³/mol. The molecule has 2 rings (SSSR count). The molecular formula is C15H18P+. The van der Waals surface area contributed by atoms with E-state index in [0.29, 0.717) is 0 Å². The van der Waals surface area contributed by atoms with Crippen LogP contribution in [-0.2, 0) is 6.16 Å².